The van der Waals surface area contributed by atoms with Gasteiger partial charge in [-0.2, -0.15) is 0 Å². The largest absolute Gasteiger partial charge is 0.463 e. The van der Waals surface area contributed by atoms with Gasteiger partial charge in [-0.15, -0.1) is 11.3 Å². The summed E-state index contributed by atoms with van der Waals surface area (Å²) in [4.78, 5) is 32.3. The van der Waals surface area contributed by atoms with Crippen molar-refractivity contribution in [2.24, 2.45) is 4.99 Å². The van der Waals surface area contributed by atoms with Crippen molar-refractivity contribution in [3.8, 4) is 0 Å². The molecule has 7 heteroatoms. The third-order valence-electron chi connectivity index (χ3n) is 4.73. The fourth-order valence-electron chi connectivity index (χ4n) is 3.36. The first-order valence-corrected chi connectivity index (χ1v) is 11.0. The highest BCUT2D eigenvalue weighted by Crippen LogP contribution is 2.30. The van der Waals surface area contributed by atoms with E-state index in [2.05, 4.69) is 4.99 Å². The van der Waals surface area contributed by atoms with Crippen molar-refractivity contribution in [3.63, 3.8) is 0 Å². The van der Waals surface area contributed by atoms with Gasteiger partial charge in [0.05, 0.1) is 28.5 Å². The van der Waals surface area contributed by atoms with Crippen LogP contribution < -0.4 is 14.9 Å². The summed E-state index contributed by atoms with van der Waals surface area (Å²) in [6.45, 7) is 5.83. The monoisotopic (exact) mass is 424 g/mol. The summed E-state index contributed by atoms with van der Waals surface area (Å²) in [6.07, 6.45) is 1.88. The molecule has 148 valence electrons. The summed E-state index contributed by atoms with van der Waals surface area (Å²) in [7, 11) is 0. The minimum absolute atomic E-state index is 0.151. The van der Waals surface area contributed by atoms with Gasteiger partial charge in [-0.25, -0.2) is 9.79 Å². The predicted octanol–water partition coefficient (Wildman–Crippen LogP) is 3.17. The molecule has 1 aliphatic rings. The molecule has 0 fully saturated rings. The van der Waals surface area contributed by atoms with Gasteiger partial charge in [0.15, 0.2) is 4.80 Å². The van der Waals surface area contributed by atoms with E-state index in [1.165, 1.54) is 11.3 Å². The Morgan fingerprint density at radius 1 is 1.24 bits per heavy atom. The molecule has 3 aromatic rings. The van der Waals surface area contributed by atoms with Gasteiger partial charge in [0.25, 0.3) is 5.56 Å². The highest BCUT2D eigenvalue weighted by Gasteiger charge is 2.33. The maximum atomic E-state index is 13.3. The molecular formula is C22H20N2O3S2. The van der Waals surface area contributed by atoms with Gasteiger partial charge in [-0.05, 0) is 43.9 Å². The second kappa shape index (κ2) is 7.93. The van der Waals surface area contributed by atoms with Crippen molar-refractivity contribution >= 4 is 34.7 Å². The Bertz CT molecular complexity index is 1260. The van der Waals surface area contributed by atoms with Crippen molar-refractivity contribution in [2.75, 3.05) is 6.61 Å². The van der Waals surface area contributed by atoms with E-state index in [4.69, 9.17) is 4.74 Å². The molecule has 4 rings (SSSR count). The quantitative estimate of drug-likeness (QED) is 0.605. The Kier molecular flexibility index (Phi) is 5.34. The molecule has 1 aliphatic heterocycles. The number of rotatable bonds is 4. The number of nitrogens with zero attached hydrogens (tertiary/aromatic N) is 2. The normalized spacial score (nSPS) is 16.5. The molecule has 0 saturated carbocycles. The lowest BCUT2D eigenvalue weighted by molar-refractivity contribution is -0.139. The van der Waals surface area contributed by atoms with Crippen LogP contribution in [-0.2, 0) is 9.53 Å². The van der Waals surface area contributed by atoms with E-state index in [1.54, 1.807) is 29.8 Å². The van der Waals surface area contributed by atoms with Gasteiger partial charge in [0.1, 0.15) is 0 Å². The molecule has 0 aliphatic carbocycles. The molecule has 0 amide bonds. The topological polar surface area (TPSA) is 60.7 Å². The van der Waals surface area contributed by atoms with Crippen molar-refractivity contribution in [3.05, 3.63) is 88.7 Å². The number of esters is 1. The predicted molar refractivity (Wildman–Crippen MR) is 116 cm³/mol. The Labute approximate surface area is 175 Å². The zero-order chi connectivity index (χ0) is 20.5. The lowest BCUT2D eigenvalue weighted by Gasteiger charge is -2.24. The van der Waals surface area contributed by atoms with Gasteiger partial charge in [-0.1, -0.05) is 47.2 Å². The number of aromatic nitrogens is 1. The highest BCUT2D eigenvalue weighted by atomic mass is 32.1. The zero-order valence-corrected chi connectivity index (χ0v) is 18.0. The number of hydrogen-bond acceptors (Lipinski definition) is 6. The number of carbonyl (C=O) groups is 1. The van der Waals surface area contributed by atoms with Gasteiger partial charge in [-0.3, -0.25) is 9.36 Å². The number of carbonyl (C=O) groups excluding carboxylic acids is 1. The summed E-state index contributed by atoms with van der Waals surface area (Å²) in [6, 6.07) is 11.2. The fourth-order valence-corrected chi connectivity index (χ4v) is 5.13. The van der Waals surface area contributed by atoms with Crippen LogP contribution in [0.4, 0.5) is 0 Å². The van der Waals surface area contributed by atoms with Crippen LogP contribution in [0.25, 0.3) is 6.08 Å². The first-order chi connectivity index (χ1) is 14.0. The summed E-state index contributed by atoms with van der Waals surface area (Å²) >= 11 is 2.91. The molecule has 3 heterocycles. The number of benzene rings is 1. The molecule has 1 atom stereocenters. The van der Waals surface area contributed by atoms with E-state index in [1.807, 2.05) is 54.8 Å². The van der Waals surface area contributed by atoms with E-state index in [-0.39, 0.29) is 12.2 Å². The minimum atomic E-state index is -0.559. The molecule has 0 unspecified atom stereocenters. The van der Waals surface area contributed by atoms with Crippen LogP contribution in [0.5, 0.6) is 0 Å². The summed E-state index contributed by atoms with van der Waals surface area (Å²) in [5.74, 6) is -0.438. The SMILES string of the molecule is CCOC(=O)C1=C(C)N=c2s/c(=C/c3cccs3)c(=O)n2[C@@H]1c1ccc(C)cc1. The van der Waals surface area contributed by atoms with Crippen LogP contribution in [0, 0.1) is 6.92 Å². The number of hydrogen-bond donors (Lipinski definition) is 0. The van der Waals surface area contributed by atoms with Crippen LogP contribution in [0.1, 0.15) is 35.9 Å². The molecule has 2 aromatic heterocycles. The molecular weight excluding hydrogens is 404 g/mol. The third kappa shape index (κ3) is 3.63. The van der Waals surface area contributed by atoms with E-state index >= 15 is 0 Å². The zero-order valence-electron chi connectivity index (χ0n) is 16.3. The average molecular weight is 425 g/mol. The van der Waals surface area contributed by atoms with E-state index in [9.17, 15) is 9.59 Å². The number of ether oxygens (including phenoxy) is 1. The Balaban J connectivity index is 1.97. The van der Waals surface area contributed by atoms with Gasteiger partial charge in [0, 0.05) is 4.88 Å². The van der Waals surface area contributed by atoms with E-state index < -0.39 is 12.0 Å². The minimum Gasteiger partial charge on any atom is -0.463 e. The Morgan fingerprint density at radius 2 is 2.00 bits per heavy atom. The highest BCUT2D eigenvalue weighted by molar-refractivity contribution is 7.11. The molecule has 0 N–H and O–H groups in total. The number of fused-ring (bicyclic) bond motifs is 1. The summed E-state index contributed by atoms with van der Waals surface area (Å²) in [5.41, 5.74) is 2.81. The number of thiazole rings is 1. The lowest BCUT2D eigenvalue weighted by Crippen LogP contribution is -2.39. The van der Waals surface area contributed by atoms with E-state index in [0.29, 0.717) is 20.6 Å². The van der Waals surface area contributed by atoms with Crippen LogP contribution in [0.3, 0.4) is 0 Å². The molecule has 0 spiro atoms. The first kappa shape index (κ1) is 19.5. The fraction of sp³-hybridized carbons (Fsp3) is 0.227. The molecule has 0 radical (unpaired) electrons. The number of aryl methyl sites for hydroxylation is 1. The maximum Gasteiger partial charge on any atom is 0.338 e. The smallest absolute Gasteiger partial charge is 0.338 e. The number of thiophene rings is 1. The summed E-state index contributed by atoms with van der Waals surface area (Å²) in [5, 5.41) is 1.97. The number of allylic oxidation sites excluding steroid dienone is 1. The average Bonchev–Trinajstić information content (AvgIpc) is 3.30. The van der Waals surface area contributed by atoms with Crippen LogP contribution >= 0.6 is 22.7 Å². The van der Waals surface area contributed by atoms with Crippen molar-refractivity contribution < 1.29 is 9.53 Å². The first-order valence-electron chi connectivity index (χ1n) is 9.29. The van der Waals surface area contributed by atoms with Crippen LogP contribution in [-0.4, -0.2) is 17.1 Å². The summed E-state index contributed by atoms with van der Waals surface area (Å²) < 4.78 is 7.52. The lowest BCUT2D eigenvalue weighted by atomic mass is 9.95. The standard InChI is InChI=1S/C22H20N2O3S2/c1-4-27-21(26)18-14(3)23-22-24(19(18)15-9-7-13(2)8-10-15)20(25)17(29-22)12-16-6-5-11-28-16/h5-12,19H,4H2,1-3H3/b17-12+/t19-/m1/s1. The Morgan fingerprint density at radius 3 is 2.66 bits per heavy atom. The van der Waals surface area contributed by atoms with Crippen LogP contribution in [0.15, 0.2) is 62.8 Å². The van der Waals surface area contributed by atoms with Crippen molar-refractivity contribution in [1.29, 1.82) is 0 Å². The molecule has 1 aromatic carbocycles. The molecule has 0 saturated heterocycles. The molecule has 0 bridgehead atoms. The van der Waals surface area contributed by atoms with Gasteiger partial charge >= 0.3 is 5.97 Å². The molecule has 5 nitrogen and oxygen atoms in total. The Hall–Kier alpha value is -2.77. The van der Waals surface area contributed by atoms with Crippen molar-refractivity contribution in [2.45, 2.75) is 26.8 Å². The third-order valence-corrected chi connectivity index (χ3v) is 6.53. The van der Waals surface area contributed by atoms with Gasteiger partial charge in [0.2, 0.25) is 0 Å². The van der Waals surface area contributed by atoms with Crippen LogP contribution in [0.2, 0.25) is 0 Å². The maximum absolute atomic E-state index is 13.3. The second-order valence-corrected chi connectivity index (χ2v) is 8.72. The van der Waals surface area contributed by atoms with Crippen molar-refractivity contribution in [1.82, 2.24) is 4.57 Å². The molecule has 29 heavy (non-hydrogen) atoms. The van der Waals surface area contributed by atoms with E-state index in [0.717, 1.165) is 16.0 Å². The second-order valence-electron chi connectivity index (χ2n) is 6.73. The van der Waals surface area contributed by atoms with Gasteiger partial charge < -0.3 is 4.74 Å².